The molecular formula is C28H46O2. The van der Waals surface area contributed by atoms with Crippen LogP contribution in [-0.4, -0.2) is 21.4 Å². The van der Waals surface area contributed by atoms with E-state index in [2.05, 4.69) is 33.6 Å². The molecule has 30 heavy (non-hydrogen) atoms. The topological polar surface area (TPSA) is 40.5 Å². The second-order valence-electron chi connectivity index (χ2n) is 13.0. The molecular weight excluding hydrogens is 368 g/mol. The molecule has 0 aromatic rings. The molecule has 1 unspecified atom stereocenters. The summed E-state index contributed by atoms with van der Waals surface area (Å²) in [6.45, 7) is 11.5. The summed E-state index contributed by atoms with van der Waals surface area (Å²) in [4.78, 5) is 0. The van der Waals surface area contributed by atoms with Crippen LogP contribution in [0.4, 0.5) is 0 Å². The van der Waals surface area contributed by atoms with E-state index in [1.54, 1.807) is 6.92 Å². The monoisotopic (exact) mass is 414 g/mol. The predicted octanol–water partition coefficient (Wildman–Crippen LogP) is 6.20. The minimum absolute atomic E-state index is 0.437. The summed E-state index contributed by atoms with van der Waals surface area (Å²) < 4.78 is 0. The van der Waals surface area contributed by atoms with Crippen LogP contribution in [-0.2, 0) is 0 Å². The average molecular weight is 415 g/mol. The van der Waals surface area contributed by atoms with Crippen molar-refractivity contribution in [2.24, 2.45) is 46.3 Å². The normalized spacial score (nSPS) is 51.1. The quantitative estimate of drug-likeness (QED) is 0.538. The number of fused-ring (bicyclic) bond motifs is 5. The second-order valence-corrected chi connectivity index (χ2v) is 13.0. The Hall–Kier alpha value is -0.520. The standard InChI is InChI=1S/C28H46O2/c1-7-25(3,29)14-12-19(2)22-10-11-23-21-9-8-20-18-26(4,30)16-17-27(20,5)24(21)13-15-28(22,23)6/h1,19-24,29-30H,8-18H2,2-6H3/t19-,20+,21+,22?,23+,24+,25+,26+,27+,28-/m1/s1. The number of aliphatic hydroxyl groups is 2. The van der Waals surface area contributed by atoms with Crippen LogP contribution in [0.3, 0.4) is 0 Å². The van der Waals surface area contributed by atoms with Crippen molar-refractivity contribution < 1.29 is 10.2 Å². The lowest BCUT2D eigenvalue weighted by molar-refractivity contribution is -0.148. The first-order chi connectivity index (χ1) is 13.9. The Morgan fingerprint density at radius 3 is 2.40 bits per heavy atom. The largest absolute Gasteiger partial charge is 0.390 e. The second kappa shape index (κ2) is 7.52. The summed E-state index contributed by atoms with van der Waals surface area (Å²) in [6, 6.07) is 0. The van der Waals surface area contributed by atoms with Crippen LogP contribution in [0.25, 0.3) is 0 Å². The van der Waals surface area contributed by atoms with Gasteiger partial charge >= 0.3 is 0 Å². The van der Waals surface area contributed by atoms with Gasteiger partial charge in [0.2, 0.25) is 0 Å². The molecule has 2 N–H and O–H groups in total. The first kappa shape index (κ1) is 22.7. The summed E-state index contributed by atoms with van der Waals surface area (Å²) in [5.74, 6) is 7.31. The fourth-order valence-electron chi connectivity index (χ4n) is 9.19. The van der Waals surface area contributed by atoms with E-state index < -0.39 is 11.2 Å². The van der Waals surface area contributed by atoms with Crippen molar-refractivity contribution in [3.05, 3.63) is 0 Å². The molecule has 0 amide bonds. The van der Waals surface area contributed by atoms with Gasteiger partial charge in [0.05, 0.1) is 5.60 Å². The van der Waals surface area contributed by atoms with E-state index in [0.717, 1.165) is 42.9 Å². The third kappa shape index (κ3) is 3.67. The minimum Gasteiger partial charge on any atom is -0.390 e. The third-order valence-electron chi connectivity index (χ3n) is 11.1. The zero-order valence-corrected chi connectivity index (χ0v) is 20.2. The Morgan fingerprint density at radius 1 is 1.00 bits per heavy atom. The van der Waals surface area contributed by atoms with E-state index in [0.29, 0.717) is 29.1 Å². The Bertz CT molecular complexity index is 687. The molecule has 0 aromatic heterocycles. The lowest BCUT2D eigenvalue weighted by atomic mass is 9.43. The molecule has 0 aromatic carbocycles. The number of rotatable bonds is 4. The molecule has 0 spiro atoms. The van der Waals surface area contributed by atoms with Crippen molar-refractivity contribution in [2.45, 2.75) is 116 Å². The third-order valence-corrected chi connectivity index (χ3v) is 11.1. The van der Waals surface area contributed by atoms with Crippen LogP contribution in [0, 0.1) is 58.7 Å². The van der Waals surface area contributed by atoms with Gasteiger partial charge in [0, 0.05) is 0 Å². The van der Waals surface area contributed by atoms with Gasteiger partial charge in [-0.25, -0.2) is 0 Å². The summed E-state index contributed by atoms with van der Waals surface area (Å²) >= 11 is 0. The lowest BCUT2D eigenvalue weighted by Crippen LogP contribution is -2.55. The zero-order chi connectivity index (χ0) is 21.9. The maximum absolute atomic E-state index is 10.7. The molecule has 170 valence electrons. The van der Waals surface area contributed by atoms with Gasteiger partial charge in [0.15, 0.2) is 0 Å². The van der Waals surface area contributed by atoms with Crippen molar-refractivity contribution in [3.8, 4) is 12.3 Å². The van der Waals surface area contributed by atoms with Gasteiger partial charge in [-0.3, -0.25) is 0 Å². The molecule has 10 atom stereocenters. The number of terminal acetylenes is 1. The van der Waals surface area contributed by atoms with Crippen molar-refractivity contribution in [3.63, 3.8) is 0 Å². The molecule has 0 heterocycles. The molecule has 2 nitrogen and oxygen atoms in total. The van der Waals surface area contributed by atoms with Gasteiger partial charge in [-0.15, -0.1) is 6.42 Å². The van der Waals surface area contributed by atoms with Crippen LogP contribution in [0.5, 0.6) is 0 Å². The van der Waals surface area contributed by atoms with Crippen molar-refractivity contribution >= 4 is 0 Å². The minimum atomic E-state index is -0.958. The van der Waals surface area contributed by atoms with E-state index >= 15 is 0 Å². The van der Waals surface area contributed by atoms with Crippen LogP contribution < -0.4 is 0 Å². The fourth-order valence-corrected chi connectivity index (χ4v) is 9.19. The summed E-state index contributed by atoms with van der Waals surface area (Å²) in [5, 5.41) is 21.0. The van der Waals surface area contributed by atoms with Gasteiger partial charge in [0.1, 0.15) is 5.60 Å². The van der Waals surface area contributed by atoms with Gasteiger partial charge < -0.3 is 10.2 Å². The van der Waals surface area contributed by atoms with E-state index in [4.69, 9.17) is 6.42 Å². The highest BCUT2D eigenvalue weighted by Crippen LogP contribution is 2.68. The smallest absolute Gasteiger partial charge is 0.122 e. The molecule has 2 heteroatoms. The van der Waals surface area contributed by atoms with Gasteiger partial charge in [-0.1, -0.05) is 26.7 Å². The molecule has 4 fully saturated rings. The van der Waals surface area contributed by atoms with Gasteiger partial charge in [0.25, 0.3) is 0 Å². The molecule has 4 rings (SSSR count). The van der Waals surface area contributed by atoms with E-state index in [-0.39, 0.29) is 0 Å². The van der Waals surface area contributed by atoms with E-state index in [9.17, 15) is 10.2 Å². The predicted molar refractivity (Wildman–Crippen MR) is 124 cm³/mol. The SMILES string of the molecule is C#C[C@](C)(O)CC[C@@H](C)C1CC[C@H]2[C@@H]3CC[C@H]4C[C@@](C)(O)CC[C@]4(C)[C@H]3CC[C@]12C. The Morgan fingerprint density at radius 2 is 1.70 bits per heavy atom. The Balaban J connectivity index is 1.48. The lowest BCUT2D eigenvalue weighted by Gasteiger charge is -2.62. The molecule has 0 saturated heterocycles. The number of hydrogen-bond donors (Lipinski definition) is 2. The molecule has 0 aliphatic heterocycles. The Kier molecular flexibility index (Phi) is 5.68. The van der Waals surface area contributed by atoms with Crippen LogP contribution >= 0.6 is 0 Å². The number of hydrogen-bond acceptors (Lipinski definition) is 2. The first-order valence-corrected chi connectivity index (χ1v) is 12.8. The summed E-state index contributed by atoms with van der Waals surface area (Å²) in [7, 11) is 0. The highest BCUT2D eigenvalue weighted by Gasteiger charge is 2.61. The summed E-state index contributed by atoms with van der Waals surface area (Å²) in [5.41, 5.74) is -0.485. The summed E-state index contributed by atoms with van der Waals surface area (Å²) in [6.07, 6.45) is 18.7. The maximum atomic E-state index is 10.7. The first-order valence-electron chi connectivity index (χ1n) is 12.8. The Labute approximate surface area is 185 Å². The van der Waals surface area contributed by atoms with Crippen LogP contribution in [0.2, 0.25) is 0 Å². The fraction of sp³-hybridized carbons (Fsp3) is 0.929. The maximum Gasteiger partial charge on any atom is 0.122 e. The van der Waals surface area contributed by atoms with Crippen molar-refractivity contribution in [1.82, 2.24) is 0 Å². The zero-order valence-electron chi connectivity index (χ0n) is 20.2. The van der Waals surface area contributed by atoms with Crippen molar-refractivity contribution in [2.75, 3.05) is 0 Å². The van der Waals surface area contributed by atoms with Gasteiger partial charge in [-0.05, 0) is 131 Å². The molecule has 4 aliphatic carbocycles. The molecule has 4 aliphatic rings. The van der Waals surface area contributed by atoms with E-state index in [1.165, 1.54) is 44.9 Å². The van der Waals surface area contributed by atoms with Crippen LogP contribution in [0.1, 0.15) is 105 Å². The van der Waals surface area contributed by atoms with Gasteiger partial charge in [-0.2, -0.15) is 0 Å². The highest BCUT2D eigenvalue weighted by atomic mass is 16.3. The van der Waals surface area contributed by atoms with E-state index in [1.807, 2.05) is 0 Å². The van der Waals surface area contributed by atoms with Crippen molar-refractivity contribution in [1.29, 1.82) is 0 Å². The molecule has 0 bridgehead atoms. The molecule has 4 saturated carbocycles. The highest BCUT2D eigenvalue weighted by molar-refractivity contribution is 5.11. The van der Waals surface area contributed by atoms with Crippen LogP contribution in [0.15, 0.2) is 0 Å². The molecule has 0 radical (unpaired) electrons. The average Bonchev–Trinajstić information content (AvgIpc) is 3.04.